The fourth-order valence-corrected chi connectivity index (χ4v) is 2.26. The van der Waals surface area contributed by atoms with Gasteiger partial charge >= 0.3 is 0 Å². The monoisotopic (exact) mass is 328 g/mol. The highest BCUT2D eigenvalue weighted by molar-refractivity contribution is 9.10. The third-order valence-electron chi connectivity index (χ3n) is 2.76. The summed E-state index contributed by atoms with van der Waals surface area (Å²) in [5.74, 6) is -0.230. The molecule has 1 aromatic carbocycles. The van der Waals surface area contributed by atoms with Gasteiger partial charge in [0.15, 0.2) is 0 Å². The fraction of sp³-hybridized carbons (Fsp3) is 0. The molecule has 2 aromatic heterocycles. The van der Waals surface area contributed by atoms with Gasteiger partial charge in [-0.15, -0.1) is 5.10 Å². The van der Waals surface area contributed by atoms with E-state index in [0.29, 0.717) is 15.9 Å². The molecule has 0 aliphatic heterocycles. The third kappa shape index (κ3) is 2.25. The Morgan fingerprint density at radius 2 is 1.90 bits per heavy atom. The van der Waals surface area contributed by atoms with E-state index >= 15 is 0 Å². The Morgan fingerprint density at radius 3 is 2.65 bits per heavy atom. The van der Waals surface area contributed by atoms with Gasteiger partial charge in [-0.1, -0.05) is 23.4 Å². The molecule has 3 rings (SSSR count). The van der Waals surface area contributed by atoms with Crippen molar-refractivity contribution in [3.8, 4) is 5.69 Å². The number of hydrogen-bond donors (Lipinski definition) is 0. The lowest BCUT2D eigenvalue weighted by Gasteiger charge is -2.05. The van der Waals surface area contributed by atoms with E-state index in [0.717, 1.165) is 5.69 Å². The van der Waals surface area contributed by atoms with Crippen LogP contribution in [0.5, 0.6) is 0 Å². The first-order valence-corrected chi connectivity index (χ1v) is 6.68. The number of aromatic nitrogens is 4. The molecular formula is C14H9BrN4O. The molecular weight excluding hydrogens is 320 g/mol. The van der Waals surface area contributed by atoms with E-state index in [9.17, 15) is 4.79 Å². The Balaban J connectivity index is 2.07. The summed E-state index contributed by atoms with van der Waals surface area (Å²) in [6.07, 6.45) is 3.02. The minimum atomic E-state index is -0.230. The molecule has 0 unspecified atom stereocenters. The summed E-state index contributed by atoms with van der Waals surface area (Å²) in [5.41, 5.74) is 1.49. The van der Waals surface area contributed by atoms with Crippen molar-refractivity contribution in [3.63, 3.8) is 0 Å². The van der Waals surface area contributed by atoms with Gasteiger partial charge in [-0.25, -0.2) is 4.68 Å². The minimum absolute atomic E-state index is 0.230. The normalized spacial score (nSPS) is 10.4. The van der Waals surface area contributed by atoms with Crippen molar-refractivity contribution >= 4 is 21.7 Å². The van der Waals surface area contributed by atoms with Gasteiger partial charge in [-0.05, 0) is 40.2 Å². The van der Waals surface area contributed by atoms with Crippen LogP contribution in [0.4, 0.5) is 0 Å². The van der Waals surface area contributed by atoms with Crippen molar-refractivity contribution in [2.75, 3.05) is 0 Å². The Morgan fingerprint density at radius 1 is 1.10 bits per heavy atom. The van der Waals surface area contributed by atoms with Crippen LogP contribution in [-0.4, -0.2) is 25.8 Å². The molecule has 0 aliphatic rings. The average Bonchev–Trinajstić information content (AvgIpc) is 2.97. The van der Waals surface area contributed by atoms with Crippen molar-refractivity contribution in [2.24, 2.45) is 0 Å². The maximum Gasteiger partial charge on any atom is 0.232 e. The Bertz CT molecular complexity index is 755. The molecule has 2 heterocycles. The number of carbonyl (C=O) groups is 1. The molecule has 0 amide bonds. The number of rotatable bonds is 3. The van der Waals surface area contributed by atoms with Crippen molar-refractivity contribution in [1.82, 2.24) is 20.0 Å². The Hall–Kier alpha value is -2.34. The molecule has 0 atom stereocenters. The first-order chi connectivity index (χ1) is 9.77. The highest BCUT2D eigenvalue weighted by atomic mass is 79.9. The zero-order valence-electron chi connectivity index (χ0n) is 10.3. The molecule has 0 saturated heterocycles. The van der Waals surface area contributed by atoms with Crippen molar-refractivity contribution < 1.29 is 4.79 Å². The van der Waals surface area contributed by atoms with Crippen LogP contribution in [-0.2, 0) is 0 Å². The van der Waals surface area contributed by atoms with Crippen molar-refractivity contribution in [2.45, 2.75) is 0 Å². The lowest BCUT2D eigenvalue weighted by Crippen LogP contribution is -2.11. The van der Waals surface area contributed by atoms with Gasteiger partial charge < -0.3 is 0 Å². The number of ketones is 1. The van der Waals surface area contributed by atoms with E-state index in [1.807, 2.05) is 30.3 Å². The first kappa shape index (κ1) is 12.7. The number of hydrogen-bond acceptors (Lipinski definition) is 4. The zero-order chi connectivity index (χ0) is 13.9. The number of benzene rings is 1. The van der Waals surface area contributed by atoms with Gasteiger partial charge in [0.1, 0.15) is 11.4 Å². The second-order valence-electron chi connectivity index (χ2n) is 4.03. The molecule has 5 nitrogen and oxygen atoms in total. The van der Waals surface area contributed by atoms with Gasteiger partial charge in [-0.3, -0.25) is 9.78 Å². The molecule has 0 radical (unpaired) electrons. The second-order valence-corrected chi connectivity index (χ2v) is 4.88. The lowest BCUT2D eigenvalue weighted by molar-refractivity contribution is 0.102. The minimum Gasteiger partial charge on any atom is -0.285 e. The summed E-state index contributed by atoms with van der Waals surface area (Å²) in [5, 5.41) is 7.79. The Kier molecular flexibility index (Phi) is 3.39. The molecule has 98 valence electrons. The summed E-state index contributed by atoms with van der Waals surface area (Å²) in [6, 6.07) is 12.9. The number of nitrogens with zero attached hydrogens (tertiary/aromatic N) is 4. The SMILES string of the molecule is O=C(c1ncccc1Br)c1cnnn1-c1ccccc1. The average molecular weight is 329 g/mol. The van der Waals surface area contributed by atoms with Gasteiger partial charge in [0.05, 0.1) is 11.9 Å². The van der Waals surface area contributed by atoms with Crippen LogP contribution in [0.25, 0.3) is 5.69 Å². The van der Waals surface area contributed by atoms with E-state index < -0.39 is 0 Å². The third-order valence-corrected chi connectivity index (χ3v) is 3.40. The molecule has 0 aliphatic carbocycles. The predicted molar refractivity (Wildman–Crippen MR) is 76.7 cm³/mol. The number of carbonyl (C=O) groups excluding carboxylic acids is 1. The van der Waals surface area contributed by atoms with Crippen LogP contribution in [0.1, 0.15) is 16.2 Å². The zero-order valence-corrected chi connectivity index (χ0v) is 11.9. The second kappa shape index (κ2) is 5.34. The molecule has 20 heavy (non-hydrogen) atoms. The van der Waals surface area contributed by atoms with Crippen LogP contribution in [0.2, 0.25) is 0 Å². The molecule has 0 fully saturated rings. The standard InChI is InChI=1S/C14H9BrN4O/c15-11-7-4-8-16-13(11)14(20)12-9-17-18-19(12)10-5-2-1-3-6-10/h1-9H. The summed E-state index contributed by atoms with van der Waals surface area (Å²) >= 11 is 3.33. The number of halogens is 1. The lowest BCUT2D eigenvalue weighted by atomic mass is 10.2. The summed E-state index contributed by atoms with van der Waals surface area (Å²) in [7, 11) is 0. The molecule has 3 aromatic rings. The van der Waals surface area contributed by atoms with Gasteiger partial charge in [0.2, 0.25) is 5.78 Å². The highest BCUT2D eigenvalue weighted by Gasteiger charge is 2.19. The topological polar surface area (TPSA) is 60.7 Å². The van der Waals surface area contributed by atoms with Crippen molar-refractivity contribution in [1.29, 1.82) is 0 Å². The van der Waals surface area contributed by atoms with Crippen LogP contribution >= 0.6 is 15.9 Å². The molecule has 0 spiro atoms. The van der Waals surface area contributed by atoms with Crippen LogP contribution in [0.15, 0.2) is 59.3 Å². The van der Waals surface area contributed by atoms with E-state index in [1.165, 1.54) is 10.9 Å². The van der Waals surface area contributed by atoms with Crippen molar-refractivity contribution in [3.05, 3.63) is 70.7 Å². The quantitative estimate of drug-likeness (QED) is 0.693. The maximum absolute atomic E-state index is 12.5. The molecule has 0 saturated carbocycles. The van der Waals surface area contributed by atoms with Crippen LogP contribution in [0.3, 0.4) is 0 Å². The fourth-order valence-electron chi connectivity index (χ4n) is 1.82. The first-order valence-electron chi connectivity index (χ1n) is 5.89. The van der Waals surface area contributed by atoms with Crippen LogP contribution in [0, 0.1) is 0 Å². The number of para-hydroxylation sites is 1. The number of pyridine rings is 1. The molecule has 0 N–H and O–H groups in total. The largest absolute Gasteiger partial charge is 0.285 e. The van der Waals surface area contributed by atoms with Gasteiger partial charge in [-0.2, -0.15) is 0 Å². The van der Waals surface area contributed by atoms with Gasteiger partial charge in [0.25, 0.3) is 0 Å². The van der Waals surface area contributed by atoms with E-state index in [-0.39, 0.29) is 5.78 Å². The predicted octanol–water partition coefficient (Wildman–Crippen LogP) is 2.66. The van der Waals surface area contributed by atoms with E-state index in [4.69, 9.17) is 0 Å². The Labute approximate surface area is 123 Å². The summed E-state index contributed by atoms with van der Waals surface area (Å²) < 4.78 is 2.15. The molecule has 0 bridgehead atoms. The van der Waals surface area contributed by atoms with Gasteiger partial charge in [0, 0.05) is 10.7 Å². The highest BCUT2D eigenvalue weighted by Crippen LogP contribution is 2.18. The maximum atomic E-state index is 12.5. The summed E-state index contributed by atoms with van der Waals surface area (Å²) in [6.45, 7) is 0. The molecule has 6 heteroatoms. The van der Waals surface area contributed by atoms with E-state index in [2.05, 4.69) is 31.2 Å². The van der Waals surface area contributed by atoms with Crippen LogP contribution < -0.4 is 0 Å². The smallest absolute Gasteiger partial charge is 0.232 e. The van der Waals surface area contributed by atoms with E-state index in [1.54, 1.807) is 18.3 Å². The summed E-state index contributed by atoms with van der Waals surface area (Å²) in [4.78, 5) is 16.6.